The minimum Gasteiger partial charge on any atom is -0.354 e. The molecular formula is C14H24N4. The number of nitrogens with zero attached hydrogens (tertiary/aromatic N) is 4. The van der Waals surface area contributed by atoms with Gasteiger partial charge in [0, 0.05) is 44.3 Å². The van der Waals surface area contributed by atoms with Gasteiger partial charge in [0.2, 0.25) is 0 Å². The van der Waals surface area contributed by atoms with Gasteiger partial charge in [0.1, 0.15) is 11.6 Å². The van der Waals surface area contributed by atoms with E-state index in [4.69, 9.17) is 0 Å². The Morgan fingerprint density at radius 1 is 1.06 bits per heavy atom. The van der Waals surface area contributed by atoms with E-state index in [1.54, 1.807) is 0 Å². The Balaban J connectivity index is 2.03. The second-order valence-corrected chi connectivity index (χ2v) is 5.54. The van der Waals surface area contributed by atoms with Gasteiger partial charge in [0.15, 0.2) is 0 Å². The predicted octanol–water partition coefficient (Wildman–Crippen LogP) is 2.13. The van der Waals surface area contributed by atoms with Crippen LogP contribution in [0.3, 0.4) is 0 Å². The normalized spacial score (nSPS) is 17.8. The summed E-state index contributed by atoms with van der Waals surface area (Å²) >= 11 is 0. The van der Waals surface area contributed by atoms with Crippen LogP contribution in [0, 0.1) is 0 Å². The lowest BCUT2D eigenvalue weighted by atomic mass is 10.2. The van der Waals surface area contributed by atoms with Crippen molar-refractivity contribution in [3.8, 4) is 0 Å². The first kappa shape index (κ1) is 13.3. The molecule has 18 heavy (non-hydrogen) atoms. The van der Waals surface area contributed by atoms with Crippen molar-refractivity contribution < 1.29 is 0 Å². The minimum atomic E-state index is 0.391. The molecule has 2 rings (SSSR count). The zero-order valence-electron chi connectivity index (χ0n) is 11.9. The van der Waals surface area contributed by atoms with Crippen LogP contribution in [0.2, 0.25) is 0 Å². The predicted molar refractivity (Wildman–Crippen MR) is 75.0 cm³/mol. The Labute approximate surface area is 110 Å². The quantitative estimate of drug-likeness (QED) is 0.820. The molecule has 100 valence electrons. The van der Waals surface area contributed by atoms with Crippen molar-refractivity contribution in [2.45, 2.75) is 39.7 Å². The molecule has 0 unspecified atom stereocenters. The van der Waals surface area contributed by atoms with E-state index in [0.717, 1.165) is 37.8 Å². The highest BCUT2D eigenvalue weighted by molar-refractivity contribution is 5.38. The van der Waals surface area contributed by atoms with Crippen molar-refractivity contribution in [1.29, 1.82) is 0 Å². The van der Waals surface area contributed by atoms with E-state index in [1.165, 1.54) is 0 Å². The first-order valence-corrected chi connectivity index (χ1v) is 6.90. The standard InChI is InChI=1S/C14H24N4/c1-11(2)14-15-6-5-13(16-14)18-9-7-17(8-10-18)12(3)4/h5-6,11-12H,7-10H2,1-4H3. The van der Waals surface area contributed by atoms with Gasteiger partial charge in [0.05, 0.1) is 0 Å². The van der Waals surface area contributed by atoms with Crippen molar-refractivity contribution in [3.05, 3.63) is 18.1 Å². The third-order valence-corrected chi connectivity index (χ3v) is 3.54. The number of hydrogen-bond acceptors (Lipinski definition) is 4. The summed E-state index contributed by atoms with van der Waals surface area (Å²) in [7, 11) is 0. The second-order valence-electron chi connectivity index (χ2n) is 5.54. The number of aromatic nitrogens is 2. The Bertz CT molecular complexity index is 381. The Hall–Kier alpha value is -1.16. The fourth-order valence-corrected chi connectivity index (χ4v) is 2.29. The number of hydrogen-bond donors (Lipinski definition) is 0. The van der Waals surface area contributed by atoms with Crippen molar-refractivity contribution in [2.75, 3.05) is 31.1 Å². The molecule has 1 aromatic heterocycles. The van der Waals surface area contributed by atoms with Gasteiger partial charge in [-0.25, -0.2) is 9.97 Å². The van der Waals surface area contributed by atoms with E-state index in [2.05, 4.69) is 47.5 Å². The molecule has 4 nitrogen and oxygen atoms in total. The average Bonchev–Trinajstić information content (AvgIpc) is 2.39. The van der Waals surface area contributed by atoms with Crippen molar-refractivity contribution in [3.63, 3.8) is 0 Å². The molecule has 1 fully saturated rings. The molecule has 2 heterocycles. The van der Waals surface area contributed by atoms with Gasteiger partial charge < -0.3 is 4.90 Å². The zero-order valence-corrected chi connectivity index (χ0v) is 11.9. The van der Waals surface area contributed by atoms with Gasteiger partial charge >= 0.3 is 0 Å². The highest BCUT2D eigenvalue weighted by Crippen LogP contribution is 2.17. The highest BCUT2D eigenvalue weighted by Gasteiger charge is 2.20. The largest absolute Gasteiger partial charge is 0.354 e. The van der Waals surface area contributed by atoms with Gasteiger partial charge in [-0.1, -0.05) is 13.8 Å². The summed E-state index contributed by atoms with van der Waals surface area (Å²) in [4.78, 5) is 13.9. The van der Waals surface area contributed by atoms with Crippen LogP contribution in [0.25, 0.3) is 0 Å². The summed E-state index contributed by atoms with van der Waals surface area (Å²) in [5.74, 6) is 2.41. The molecule has 1 aromatic rings. The Morgan fingerprint density at radius 3 is 2.28 bits per heavy atom. The summed E-state index contributed by atoms with van der Waals surface area (Å²) in [6.45, 7) is 13.2. The van der Waals surface area contributed by atoms with Gasteiger partial charge in [-0.3, -0.25) is 4.90 Å². The molecule has 0 atom stereocenters. The van der Waals surface area contributed by atoms with E-state index in [0.29, 0.717) is 12.0 Å². The SMILES string of the molecule is CC(C)c1nccc(N2CCN(C(C)C)CC2)n1. The summed E-state index contributed by atoms with van der Waals surface area (Å²) in [5, 5.41) is 0. The van der Waals surface area contributed by atoms with Crippen LogP contribution in [-0.4, -0.2) is 47.1 Å². The summed E-state index contributed by atoms with van der Waals surface area (Å²) in [5.41, 5.74) is 0. The molecule has 0 aromatic carbocycles. The van der Waals surface area contributed by atoms with Crippen LogP contribution in [-0.2, 0) is 0 Å². The lowest BCUT2D eigenvalue weighted by Crippen LogP contribution is -2.49. The van der Waals surface area contributed by atoms with Crippen molar-refractivity contribution >= 4 is 5.82 Å². The van der Waals surface area contributed by atoms with E-state index in [9.17, 15) is 0 Å². The highest BCUT2D eigenvalue weighted by atomic mass is 15.3. The molecule has 1 aliphatic heterocycles. The molecule has 0 amide bonds. The van der Waals surface area contributed by atoms with Crippen LogP contribution < -0.4 is 4.90 Å². The summed E-state index contributed by atoms with van der Waals surface area (Å²) in [6, 6.07) is 2.67. The molecule has 0 bridgehead atoms. The maximum Gasteiger partial charge on any atom is 0.133 e. The van der Waals surface area contributed by atoms with E-state index >= 15 is 0 Å². The zero-order chi connectivity index (χ0) is 13.1. The molecule has 1 saturated heterocycles. The maximum atomic E-state index is 4.66. The van der Waals surface area contributed by atoms with Crippen LogP contribution in [0.4, 0.5) is 5.82 Å². The lowest BCUT2D eigenvalue weighted by molar-refractivity contribution is 0.209. The number of anilines is 1. The first-order chi connectivity index (χ1) is 8.58. The lowest BCUT2D eigenvalue weighted by Gasteiger charge is -2.37. The van der Waals surface area contributed by atoms with Gasteiger partial charge in [-0.2, -0.15) is 0 Å². The minimum absolute atomic E-state index is 0.391. The topological polar surface area (TPSA) is 32.3 Å². The van der Waals surface area contributed by atoms with Crippen molar-refractivity contribution in [1.82, 2.24) is 14.9 Å². The van der Waals surface area contributed by atoms with Crippen LogP contribution in [0.5, 0.6) is 0 Å². The van der Waals surface area contributed by atoms with Crippen LogP contribution in [0.1, 0.15) is 39.4 Å². The summed E-state index contributed by atoms with van der Waals surface area (Å²) in [6.07, 6.45) is 1.88. The maximum absolute atomic E-state index is 4.66. The van der Waals surface area contributed by atoms with Gasteiger partial charge in [-0.05, 0) is 19.9 Å². The van der Waals surface area contributed by atoms with E-state index < -0.39 is 0 Å². The molecule has 0 radical (unpaired) electrons. The molecule has 0 spiro atoms. The second kappa shape index (κ2) is 5.65. The Kier molecular flexibility index (Phi) is 4.17. The molecular weight excluding hydrogens is 224 g/mol. The fraction of sp³-hybridized carbons (Fsp3) is 0.714. The number of piperazine rings is 1. The fourth-order valence-electron chi connectivity index (χ4n) is 2.29. The Morgan fingerprint density at radius 2 is 1.72 bits per heavy atom. The molecule has 0 saturated carbocycles. The molecule has 0 aliphatic carbocycles. The third kappa shape index (κ3) is 2.99. The van der Waals surface area contributed by atoms with Gasteiger partial charge in [0.25, 0.3) is 0 Å². The molecule has 0 N–H and O–H groups in total. The molecule has 1 aliphatic rings. The third-order valence-electron chi connectivity index (χ3n) is 3.54. The van der Waals surface area contributed by atoms with E-state index in [-0.39, 0.29) is 0 Å². The van der Waals surface area contributed by atoms with Crippen LogP contribution in [0.15, 0.2) is 12.3 Å². The van der Waals surface area contributed by atoms with E-state index in [1.807, 2.05) is 12.3 Å². The van der Waals surface area contributed by atoms with Gasteiger partial charge in [-0.15, -0.1) is 0 Å². The average molecular weight is 248 g/mol. The smallest absolute Gasteiger partial charge is 0.133 e. The van der Waals surface area contributed by atoms with Crippen molar-refractivity contribution in [2.24, 2.45) is 0 Å². The first-order valence-electron chi connectivity index (χ1n) is 6.90. The van der Waals surface area contributed by atoms with Crippen LogP contribution >= 0.6 is 0 Å². The molecule has 4 heteroatoms. The summed E-state index contributed by atoms with van der Waals surface area (Å²) < 4.78 is 0. The monoisotopic (exact) mass is 248 g/mol. The number of rotatable bonds is 3.